The Morgan fingerprint density at radius 2 is 2.05 bits per heavy atom. The topological polar surface area (TPSA) is 41.1 Å². The average Bonchev–Trinajstić information content (AvgIpc) is 2.35. The number of nitrogens with one attached hydrogen (secondary N) is 1. The minimum atomic E-state index is 0.0465. The molecule has 1 heterocycles. The normalized spacial score (nSPS) is 11.5. The molecule has 20 heavy (non-hydrogen) atoms. The van der Waals surface area contributed by atoms with Crippen LogP contribution in [0.2, 0.25) is 0 Å². The molecule has 0 aliphatic rings. The maximum absolute atomic E-state index is 5.39. The lowest BCUT2D eigenvalue weighted by Gasteiger charge is -2.24. The number of terminal acetylenes is 1. The Labute approximate surface area is 123 Å². The van der Waals surface area contributed by atoms with E-state index in [1.807, 2.05) is 18.1 Å². The van der Waals surface area contributed by atoms with Gasteiger partial charge in [0.15, 0.2) is 0 Å². The van der Waals surface area contributed by atoms with Gasteiger partial charge in [-0.3, -0.25) is 0 Å². The number of anilines is 1. The number of hydrogen-bond acceptors (Lipinski definition) is 4. The average molecular weight is 274 g/mol. The van der Waals surface area contributed by atoms with Crippen LogP contribution in [-0.4, -0.2) is 29.1 Å². The van der Waals surface area contributed by atoms with Crippen LogP contribution in [0, 0.1) is 12.3 Å². The molecule has 0 spiro atoms. The lowest BCUT2D eigenvalue weighted by atomic mass is 10.1. The lowest BCUT2D eigenvalue weighted by molar-refractivity contribution is 0.420. The van der Waals surface area contributed by atoms with Crippen LogP contribution in [0.25, 0.3) is 0 Å². The van der Waals surface area contributed by atoms with E-state index in [-0.39, 0.29) is 5.54 Å². The van der Waals surface area contributed by atoms with Crippen LogP contribution >= 0.6 is 0 Å². The monoisotopic (exact) mass is 274 g/mol. The van der Waals surface area contributed by atoms with Crippen molar-refractivity contribution in [2.24, 2.45) is 0 Å². The molecule has 0 saturated carbocycles. The number of rotatable bonds is 5. The van der Waals surface area contributed by atoms with E-state index in [9.17, 15) is 0 Å². The predicted molar refractivity (Wildman–Crippen MR) is 84.8 cm³/mol. The van der Waals surface area contributed by atoms with Crippen LogP contribution in [0.15, 0.2) is 6.20 Å². The summed E-state index contributed by atoms with van der Waals surface area (Å²) in [5.41, 5.74) is 2.03. The van der Waals surface area contributed by atoms with Crippen LogP contribution in [-0.2, 0) is 6.54 Å². The van der Waals surface area contributed by atoms with E-state index >= 15 is 0 Å². The van der Waals surface area contributed by atoms with E-state index in [4.69, 9.17) is 11.4 Å². The summed E-state index contributed by atoms with van der Waals surface area (Å²) in [6.45, 7) is 11.9. The third kappa shape index (κ3) is 4.82. The fourth-order valence-corrected chi connectivity index (χ4v) is 1.72. The van der Waals surface area contributed by atoms with Gasteiger partial charge in [0, 0.05) is 25.0 Å². The van der Waals surface area contributed by atoms with Crippen molar-refractivity contribution in [2.45, 2.75) is 52.6 Å². The second-order valence-corrected chi connectivity index (χ2v) is 6.38. The molecule has 4 nitrogen and oxygen atoms in total. The molecule has 1 aromatic heterocycles. The largest absolute Gasteiger partial charge is 0.361 e. The lowest BCUT2D eigenvalue weighted by Crippen LogP contribution is -2.36. The van der Waals surface area contributed by atoms with Gasteiger partial charge in [0.1, 0.15) is 5.82 Å². The highest BCUT2D eigenvalue weighted by Gasteiger charge is 2.15. The molecule has 0 bridgehead atoms. The number of aromatic nitrogens is 2. The Hall–Kier alpha value is -1.60. The van der Waals surface area contributed by atoms with Crippen LogP contribution in [0.3, 0.4) is 0 Å². The minimum Gasteiger partial charge on any atom is -0.361 e. The van der Waals surface area contributed by atoms with Gasteiger partial charge in [-0.2, -0.15) is 0 Å². The van der Waals surface area contributed by atoms with Gasteiger partial charge < -0.3 is 10.2 Å². The van der Waals surface area contributed by atoms with Crippen LogP contribution in [0.5, 0.6) is 0 Å². The zero-order valence-corrected chi connectivity index (χ0v) is 13.5. The first-order chi connectivity index (χ1) is 9.24. The molecule has 0 unspecified atom stereocenters. The molecule has 0 aliphatic carbocycles. The van der Waals surface area contributed by atoms with Crippen molar-refractivity contribution >= 4 is 5.69 Å². The standard InChI is InChI=1S/C16H26N4/c1-8-9-20(7)14-11-17-15(12(2)3)19-13(14)10-18-16(4,5)6/h1,11-12,18H,9-10H2,2-7H3. The van der Waals surface area contributed by atoms with E-state index in [1.54, 1.807) is 0 Å². The Balaban J connectivity index is 3.07. The van der Waals surface area contributed by atoms with E-state index in [0.717, 1.165) is 17.2 Å². The Morgan fingerprint density at radius 3 is 2.55 bits per heavy atom. The summed E-state index contributed by atoms with van der Waals surface area (Å²) in [6.07, 6.45) is 7.26. The van der Waals surface area contributed by atoms with Gasteiger partial charge in [-0.1, -0.05) is 19.8 Å². The Kier molecular flexibility index (Phi) is 5.52. The summed E-state index contributed by atoms with van der Waals surface area (Å²) >= 11 is 0. The second-order valence-electron chi connectivity index (χ2n) is 6.38. The van der Waals surface area contributed by atoms with Gasteiger partial charge in [0.05, 0.1) is 24.1 Å². The van der Waals surface area contributed by atoms with E-state index in [1.165, 1.54) is 0 Å². The van der Waals surface area contributed by atoms with Crippen molar-refractivity contribution in [2.75, 3.05) is 18.5 Å². The van der Waals surface area contributed by atoms with Gasteiger partial charge in [0.25, 0.3) is 0 Å². The maximum atomic E-state index is 5.39. The fourth-order valence-electron chi connectivity index (χ4n) is 1.72. The summed E-state index contributed by atoms with van der Waals surface area (Å²) < 4.78 is 0. The fraction of sp³-hybridized carbons (Fsp3) is 0.625. The molecule has 4 heteroatoms. The number of nitrogens with zero attached hydrogens (tertiary/aromatic N) is 3. The molecule has 0 aromatic carbocycles. The molecule has 1 N–H and O–H groups in total. The molecule has 110 valence electrons. The second kappa shape index (κ2) is 6.71. The summed E-state index contributed by atoms with van der Waals surface area (Å²) in [5.74, 6) is 3.84. The van der Waals surface area contributed by atoms with Crippen molar-refractivity contribution < 1.29 is 0 Å². The third-order valence-corrected chi connectivity index (χ3v) is 2.91. The van der Waals surface area contributed by atoms with Crippen LogP contribution < -0.4 is 10.2 Å². The maximum Gasteiger partial charge on any atom is 0.131 e. The van der Waals surface area contributed by atoms with E-state index < -0.39 is 0 Å². The molecule has 0 radical (unpaired) electrons. The van der Waals surface area contributed by atoms with Crippen molar-refractivity contribution in [3.63, 3.8) is 0 Å². The highest BCUT2D eigenvalue weighted by Crippen LogP contribution is 2.20. The predicted octanol–water partition coefficient (Wildman–Crippen LogP) is 2.56. The van der Waals surface area contributed by atoms with Crippen molar-refractivity contribution in [3.8, 4) is 12.3 Å². The van der Waals surface area contributed by atoms with Crippen molar-refractivity contribution in [1.29, 1.82) is 0 Å². The summed E-state index contributed by atoms with van der Waals surface area (Å²) in [4.78, 5) is 11.1. The van der Waals surface area contributed by atoms with E-state index in [2.05, 4.69) is 50.8 Å². The van der Waals surface area contributed by atoms with Gasteiger partial charge in [-0.05, 0) is 20.8 Å². The van der Waals surface area contributed by atoms with E-state index in [0.29, 0.717) is 19.0 Å². The Bertz CT molecular complexity index is 480. The molecular weight excluding hydrogens is 248 g/mol. The molecule has 0 fully saturated rings. The first-order valence-electron chi connectivity index (χ1n) is 7.00. The Morgan fingerprint density at radius 1 is 1.40 bits per heavy atom. The minimum absolute atomic E-state index is 0.0465. The van der Waals surface area contributed by atoms with Crippen molar-refractivity contribution in [3.05, 3.63) is 17.7 Å². The summed E-state index contributed by atoms with van der Waals surface area (Å²) in [5, 5.41) is 3.47. The first-order valence-corrected chi connectivity index (χ1v) is 7.00. The SMILES string of the molecule is C#CCN(C)c1cnc(C(C)C)nc1CNC(C)(C)C. The van der Waals surface area contributed by atoms with Gasteiger partial charge in [-0.25, -0.2) is 9.97 Å². The zero-order chi connectivity index (χ0) is 15.3. The molecule has 1 aromatic rings. The van der Waals surface area contributed by atoms with Crippen LogP contribution in [0.4, 0.5) is 5.69 Å². The van der Waals surface area contributed by atoms with Crippen molar-refractivity contribution in [1.82, 2.24) is 15.3 Å². The smallest absolute Gasteiger partial charge is 0.131 e. The van der Waals surface area contributed by atoms with Crippen LogP contribution in [0.1, 0.15) is 52.1 Å². The van der Waals surface area contributed by atoms with Gasteiger partial charge >= 0.3 is 0 Å². The first kappa shape index (κ1) is 16.5. The summed E-state index contributed by atoms with van der Waals surface area (Å²) in [6, 6.07) is 0. The molecule has 0 aliphatic heterocycles. The van der Waals surface area contributed by atoms with Gasteiger partial charge in [0.2, 0.25) is 0 Å². The molecule has 1 rings (SSSR count). The quantitative estimate of drug-likeness (QED) is 0.838. The molecule has 0 atom stereocenters. The van der Waals surface area contributed by atoms with Gasteiger partial charge in [-0.15, -0.1) is 6.42 Å². The summed E-state index contributed by atoms with van der Waals surface area (Å²) in [7, 11) is 1.97. The molecular formula is C16H26N4. The highest BCUT2D eigenvalue weighted by molar-refractivity contribution is 5.49. The molecule has 0 amide bonds. The zero-order valence-electron chi connectivity index (χ0n) is 13.5. The number of hydrogen-bond donors (Lipinski definition) is 1. The third-order valence-electron chi connectivity index (χ3n) is 2.91. The molecule has 0 saturated heterocycles. The highest BCUT2D eigenvalue weighted by atomic mass is 15.1.